The molecule has 3 rings (SSSR count). The van der Waals surface area contributed by atoms with Gasteiger partial charge < -0.3 is 19.5 Å². The molecule has 7 nitrogen and oxygen atoms in total. The summed E-state index contributed by atoms with van der Waals surface area (Å²) in [5.41, 5.74) is -0.854. The fourth-order valence-corrected chi connectivity index (χ4v) is 2.93. The van der Waals surface area contributed by atoms with Crippen LogP contribution in [0.1, 0.15) is 28.8 Å². The Kier molecular flexibility index (Phi) is 7.34. The number of rotatable bonds is 7. The van der Waals surface area contributed by atoms with Crippen LogP contribution in [-0.2, 0) is 20.4 Å². The lowest BCUT2D eigenvalue weighted by molar-refractivity contribution is -0.137. The van der Waals surface area contributed by atoms with Gasteiger partial charge in [-0.15, -0.1) is 0 Å². The molecule has 1 saturated heterocycles. The number of esters is 1. The maximum Gasteiger partial charge on any atom is 0.417 e. The molecular weight excluding hydrogens is 441 g/mol. The van der Waals surface area contributed by atoms with E-state index in [4.69, 9.17) is 25.8 Å². The zero-order chi connectivity index (χ0) is 22.4. The Hall–Kier alpha value is -2.85. The number of hydrogen-bond donors (Lipinski definition) is 1. The van der Waals surface area contributed by atoms with Crippen LogP contribution in [0, 0.1) is 0 Å². The van der Waals surface area contributed by atoms with Gasteiger partial charge in [-0.05, 0) is 43.2 Å². The molecule has 1 N–H and O–H groups in total. The first kappa shape index (κ1) is 22.8. The third-order valence-corrected chi connectivity index (χ3v) is 4.60. The summed E-state index contributed by atoms with van der Waals surface area (Å²) in [6.45, 7) is 0.479. The van der Waals surface area contributed by atoms with Crippen LogP contribution in [0.25, 0.3) is 0 Å². The van der Waals surface area contributed by atoms with Gasteiger partial charge in [0.25, 0.3) is 5.91 Å². The monoisotopic (exact) mass is 458 g/mol. The standard InChI is InChI=1S/C20H18ClF3N2O5/c21-16-8-13(20(22,23)24)9-25-18(16)26-17(27)11-31-19(28)12-3-5-14(6-4-12)30-10-15-2-1-7-29-15/h3-6,8-9,15H,1-2,7,10-11H2,(H,25,26,27). The number of nitrogens with zero attached hydrogens (tertiary/aromatic N) is 1. The smallest absolute Gasteiger partial charge is 0.417 e. The molecule has 0 spiro atoms. The van der Waals surface area contributed by atoms with Gasteiger partial charge in [0.05, 0.1) is 22.3 Å². The molecule has 166 valence electrons. The van der Waals surface area contributed by atoms with Gasteiger partial charge >= 0.3 is 12.1 Å². The first-order valence-electron chi connectivity index (χ1n) is 9.26. The molecule has 0 aliphatic carbocycles. The normalized spacial score (nSPS) is 16.1. The lowest BCUT2D eigenvalue weighted by atomic mass is 10.2. The first-order valence-corrected chi connectivity index (χ1v) is 9.64. The van der Waals surface area contributed by atoms with E-state index in [1.54, 1.807) is 12.1 Å². The number of nitrogens with one attached hydrogen (secondary N) is 1. The van der Waals surface area contributed by atoms with E-state index in [9.17, 15) is 22.8 Å². The van der Waals surface area contributed by atoms with Crippen LogP contribution in [0.15, 0.2) is 36.5 Å². The van der Waals surface area contributed by atoms with Gasteiger partial charge in [-0.25, -0.2) is 9.78 Å². The van der Waals surface area contributed by atoms with Crippen molar-refractivity contribution in [2.75, 3.05) is 25.1 Å². The molecule has 2 aromatic rings. The minimum Gasteiger partial charge on any atom is -0.491 e. The van der Waals surface area contributed by atoms with Gasteiger partial charge in [-0.1, -0.05) is 11.6 Å². The van der Waals surface area contributed by atoms with E-state index < -0.39 is 35.2 Å². The summed E-state index contributed by atoms with van der Waals surface area (Å²) in [6.07, 6.45) is -2.06. The summed E-state index contributed by atoms with van der Waals surface area (Å²) < 4.78 is 53.8. The Morgan fingerprint density at radius 3 is 2.61 bits per heavy atom. The molecule has 1 atom stereocenters. The van der Waals surface area contributed by atoms with Gasteiger partial charge in [0, 0.05) is 12.8 Å². The summed E-state index contributed by atoms with van der Waals surface area (Å²) in [7, 11) is 0. The maximum absolute atomic E-state index is 12.6. The van der Waals surface area contributed by atoms with E-state index in [-0.39, 0.29) is 17.5 Å². The van der Waals surface area contributed by atoms with Crippen molar-refractivity contribution in [3.63, 3.8) is 0 Å². The van der Waals surface area contributed by atoms with E-state index in [1.807, 2.05) is 0 Å². The van der Waals surface area contributed by atoms with Crippen LogP contribution in [0.5, 0.6) is 5.75 Å². The van der Waals surface area contributed by atoms with Crippen molar-refractivity contribution < 1.29 is 37.0 Å². The highest BCUT2D eigenvalue weighted by Crippen LogP contribution is 2.32. The highest BCUT2D eigenvalue weighted by Gasteiger charge is 2.31. The molecule has 1 fully saturated rings. The van der Waals surface area contributed by atoms with Crippen LogP contribution in [0.4, 0.5) is 19.0 Å². The molecule has 31 heavy (non-hydrogen) atoms. The highest BCUT2D eigenvalue weighted by atomic mass is 35.5. The summed E-state index contributed by atoms with van der Waals surface area (Å²) >= 11 is 5.72. The van der Waals surface area contributed by atoms with Crippen molar-refractivity contribution in [2.24, 2.45) is 0 Å². The largest absolute Gasteiger partial charge is 0.491 e. The molecule has 11 heteroatoms. The molecule has 1 aliphatic heterocycles. The lowest BCUT2D eigenvalue weighted by Gasteiger charge is -2.12. The average Bonchev–Trinajstić information content (AvgIpc) is 3.25. The second kappa shape index (κ2) is 9.97. The Morgan fingerprint density at radius 1 is 1.26 bits per heavy atom. The number of amides is 1. The van der Waals surface area contributed by atoms with E-state index in [2.05, 4.69) is 10.3 Å². The Labute approximate surface area is 180 Å². The van der Waals surface area contributed by atoms with E-state index >= 15 is 0 Å². The molecule has 1 aliphatic rings. The minimum absolute atomic E-state index is 0.0656. The molecule has 0 radical (unpaired) electrons. The summed E-state index contributed by atoms with van der Waals surface area (Å²) in [6, 6.07) is 6.80. The predicted octanol–water partition coefficient (Wildman–Crippen LogP) is 4.11. The third-order valence-electron chi connectivity index (χ3n) is 4.31. The van der Waals surface area contributed by atoms with Gasteiger partial charge in [-0.2, -0.15) is 13.2 Å². The van der Waals surface area contributed by atoms with Crippen molar-refractivity contribution in [3.8, 4) is 5.75 Å². The van der Waals surface area contributed by atoms with Crippen molar-refractivity contribution in [3.05, 3.63) is 52.7 Å². The number of halogens is 4. The van der Waals surface area contributed by atoms with Gasteiger partial charge in [-0.3, -0.25) is 4.79 Å². The van der Waals surface area contributed by atoms with E-state index in [0.717, 1.165) is 19.4 Å². The van der Waals surface area contributed by atoms with Crippen molar-refractivity contribution >= 4 is 29.3 Å². The summed E-state index contributed by atoms with van der Waals surface area (Å²) in [4.78, 5) is 27.5. The zero-order valence-electron chi connectivity index (χ0n) is 16.1. The van der Waals surface area contributed by atoms with Gasteiger partial charge in [0.2, 0.25) is 0 Å². The number of anilines is 1. The van der Waals surface area contributed by atoms with E-state index in [0.29, 0.717) is 24.6 Å². The molecule has 1 aromatic carbocycles. The number of carbonyl (C=O) groups is 2. The number of alkyl halides is 3. The molecule has 0 bridgehead atoms. The topological polar surface area (TPSA) is 86.8 Å². The summed E-state index contributed by atoms with van der Waals surface area (Å²) in [5, 5.41) is 1.79. The van der Waals surface area contributed by atoms with E-state index in [1.165, 1.54) is 12.1 Å². The molecule has 1 amide bonds. The zero-order valence-corrected chi connectivity index (χ0v) is 16.8. The molecule has 1 aromatic heterocycles. The third kappa shape index (κ3) is 6.56. The Bertz CT molecular complexity index is 931. The van der Waals surface area contributed by atoms with Crippen LogP contribution in [0.2, 0.25) is 5.02 Å². The number of ether oxygens (including phenoxy) is 3. The molecule has 0 saturated carbocycles. The van der Waals surface area contributed by atoms with Crippen LogP contribution < -0.4 is 10.1 Å². The minimum atomic E-state index is -4.61. The summed E-state index contributed by atoms with van der Waals surface area (Å²) in [5.74, 6) is -1.28. The Morgan fingerprint density at radius 2 is 2.00 bits per heavy atom. The number of carbonyl (C=O) groups excluding carboxylic acids is 2. The highest BCUT2D eigenvalue weighted by molar-refractivity contribution is 6.33. The predicted molar refractivity (Wildman–Crippen MR) is 104 cm³/mol. The number of pyridine rings is 1. The maximum atomic E-state index is 12.6. The second-order valence-electron chi connectivity index (χ2n) is 6.65. The average molecular weight is 459 g/mol. The first-order chi connectivity index (χ1) is 14.7. The quantitative estimate of drug-likeness (QED) is 0.628. The molecule has 1 unspecified atom stereocenters. The fourth-order valence-electron chi connectivity index (χ4n) is 2.72. The Balaban J connectivity index is 1.47. The molecule has 2 heterocycles. The van der Waals surface area contributed by atoms with Crippen molar-refractivity contribution in [1.29, 1.82) is 0 Å². The number of hydrogen-bond acceptors (Lipinski definition) is 6. The number of aromatic nitrogens is 1. The van der Waals surface area contributed by atoms with Crippen molar-refractivity contribution in [2.45, 2.75) is 25.1 Å². The van der Waals surface area contributed by atoms with Gasteiger partial charge in [0.15, 0.2) is 12.4 Å². The SMILES string of the molecule is O=C(COC(=O)c1ccc(OCC2CCCO2)cc1)Nc1ncc(C(F)(F)F)cc1Cl. The number of benzene rings is 1. The van der Waals surface area contributed by atoms with Crippen molar-refractivity contribution in [1.82, 2.24) is 4.98 Å². The second-order valence-corrected chi connectivity index (χ2v) is 7.05. The lowest BCUT2D eigenvalue weighted by Crippen LogP contribution is -2.22. The van der Waals surface area contributed by atoms with Crippen LogP contribution in [0.3, 0.4) is 0 Å². The van der Waals surface area contributed by atoms with Gasteiger partial charge in [0.1, 0.15) is 12.4 Å². The molecular formula is C20H18ClF3N2O5. The van der Waals surface area contributed by atoms with Crippen LogP contribution >= 0.6 is 11.6 Å². The fraction of sp³-hybridized carbons (Fsp3) is 0.350. The van der Waals surface area contributed by atoms with Crippen LogP contribution in [-0.4, -0.2) is 42.8 Å².